The first-order chi connectivity index (χ1) is 13.7. The van der Waals surface area contributed by atoms with Crippen molar-refractivity contribution in [2.24, 2.45) is 4.99 Å². The van der Waals surface area contributed by atoms with Crippen LogP contribution < -0.4 is 5.32 Å². The van der Waals surface area contributed by atoms with E-state index in [1.807, 2.05) is 27.7 Å². The summed E-state index contributed by atoms with van der Waals surface area (Å²) in [6, 6.07) is 0. The number of guanidine groups is 1. The van der Waals surface area contributed by atoms with Crippen molar-refractivity contribution in [3.63, 3.8) is 0 Å². The molecule has 1 aromatic rings. The molecule has 1 aliphatic heterocycles. The Morgan fingerprint density at radius 3 is 2.47 bits per heavy atom. The smallest absolute Gasteiger partial charge is 0.216 e. The minimum absolute atomic E-state index is 0. The summed E-state index contributed by atoms with van der Waals surface area (Å²) in [6.07, 6.45) is 1.87. The van der Waals surface area contributed by atoms with Crippen LogP contribution in [0.4, 0.5) is 0 Å². The fraction of sp³-hybridized carbons (Fsp3) is 0.789. The lowest BCUT2D eigenvalue weighted by atomic mass is 10.1. The third-order valence-electron chi connectivity index (χ3n) is 5.00. The van der Waals surface area contributed by atoms with E-state index in [1.54, 1.807) is 11.4 Å². The second kappa shape index (κ2) is 12.8. The van der Waals surface area contributed by atoms with Gasteiger partial charge < -0.3 is 19.5 Å². The number of ether oxygens (including phenoxy) is 1. The minimum atomic E-state index is -3.28. The van der Waals surface area contributed by atoms with Crippen LogP contribution in [0.5, 0.6) is 0 Å². The van der Waals surface area contributed by atoms with E-state index in [2.05, 4.69) is 20.4 Å². The summed E-state index contributed by atoms with van der Waals surface area (Å²) in [4.78, 5) is 6.45. The maximum Gasteiger partial charge on any atom is 0.216 e. The molecule has 0 bridgehead atoms. The Kier molecular flexibility index (Phi) is 11.6. The van der Waals surface area contributed by atoms with Crippen molar-refractivity contribution in [3.8, 4) is 0 Å². The average Bonchev–Trinajstić information content (AvgIpc) is 2.99. The third kappa shape index (κ3) is 7.97. The van der Waals surface area contributed by atoms with Crippen molar-refractivity contribution in [2.75, 3.05) is 52.1 Å². The molecule has 0 unspecified atom stereocenters. The van der Waals surface area contributed by atoms with Gasteiger partial charge in [-0.1, -0.05) is 5.16 Å². The van der Waals surface area contributed by atoms with Gasteiger partial charge in [0.15, 0.2) is 5.96 Å². The molecule has 1 aliphatic rings. The molecule has 0 aliphatic carbocycles. The second-order valence-corrected chi connectivity index (χ2v) is 9.59. The monoisotopic (exact) mass is 557 g/mol. The second-order valence-electron chi connectivity index (χ2n) is 7.50. The Balaban J connectivity index is 0.00000450. The highest BCUT2D eigenvalue weighted by Gasteiger charge is 2.27. The molecule has 1 aromatic heterocycles. The Morgan fingerprint density at radius 1 is 1.27 bits per heavy atom. The van der Waals surface area contributed by atoms with Gasteiger partial charge in [0.2, 0.25) is 10.0 Å². The zero-order valence-electron chi connectivity index (χ0n) is 18.7. The van der Waals surface area contributed by atoms with Crippen molar-refractivity contribution in [1.82, 2.24) is 19.7 Å². The number of halogens is 1. The number of rotatable bonds is 9. The lowest BCUT2D eigenvalue weighted by molar-refractivity contribution is 0.0904. The molecule has 30 heavy (non-hydrogen) atoms. The maximum atomic E-state index is 12.5. The van der Waals surface area contributed by atoms with E-state index in [-0.39, 0.29) is 42.4 Å². The fourth-order valence-corrected chi connectivity index (χ4v) is 4.64. The van der Waals surface area contributed by atoms with Crippen LogP contribution in [0.3, 0.4) is 0 Å². The van der Waals surface area contributed by atoms with Gasteiger partial charge in [0.1, 0.15) is 5.76 Å². The number of hydrogen-bond donors (Lipinski definition) is 1. The van der Waals surface area contributed by atoms with Gasteiger partial charge >= 0.3 is 0 Å². The molecule has 174 valence electrons. The zero-order valence-corrected chi connectivity index (χ0v) is 21.8. The van der Waals surface area contributed by atoms with Crippen molar-refractivity contribution in [3.05, 3.63) is 17.0 Å². The molecule has 0 saturated carbocycles. The Labute approximate surface area is 197 Å². The number of piperazine rings is 1. The molecule has 0 amide bonds. The quantitative estimate of drug-likeness (QED) is 0.214. The van der Waals surface area contributed by atoms with E-state index in [4.69, 9.17) is 9.26 Å². The van der Waals surface area contributed by atoms with Crippen molar-refractivity contribution in [2.45, 2.75) is 46.6 Å². The molecular weight excluding hydrogens is 521 g/mol. The molecular formula is C19H36IN5O4S. The topological polar surface area (TPSA) is 100 Å². The average molecular weight is 557 g/mol. The van der Waals surface area contributed by atoms with Gasteiger partial charge in [-0.05, 0) is 40.5 Å². The van der Waals surface area contributed by atoms with Crippen LogP contribution in [0.1, 0.15) is 37.3 Å². The number of aromatic nitrogens is 1. The van der Waals surface area contributed by atoms with E-state index < -0.39 is 10.0 Å². The Bertz CT molecular complexity index is 754. The van der Waals surface area contributed by atoms with Gasteiger partial charge in [-0.15, -0.1) is 24.0 Å². The van der Waals surface area contributed by atoms with Crippen LogP contribution in [-0.2, 0) is 21.2 Å². The van der Waals surface area contributed by atoms with Crippen molar-refractivity contribution >= 4 is 40.0 Å². The van der Waals surface area contributed by atoms with E-state index in [9.17, 15) is 8.42 Å². The summed E-state index contributed by atoms with van der Waals surface area (Å²) in [5.41, 5.74) is 2.12. The highest BCUT2D eigenvalue weighted by molar-refractivity contribution is 14.0. The number of hydrogen-bond acceptors (Lipinski definition) is 6. The zero-order chi connectivity index (χ0) is 21.4. The van der Waals surface area contributed by atoms with Crippen LogP contribution in [0.15, 0.2) is 9.52 Å². The van der Waals surface area contributed by atoms with Gasteiger partial charge in [0, 0.05) is 45.3 Å². The van der Waals surface area contributed by atoms with Gasteiger partial charge in [0.25, 0.3) is 0 Å². The first-order valence-corrected chi connectivity index (χ1v) is 11.8. The predicted octanol–water partition coefficient (Wildman–Crippen LogP) is 1.79. The SMILES string of the molecule is CN=C(NCCCc1c(C)noc1C)N1CCN(S(=O)(=O)CCOC(C)C)CC1.I. The molecule has 2 heterocycles. The predicted molar refractivity (Wildman–Crippen MR) is 129 cm³/mol. The fourth-order valence-electron chi connectivity index (χ4n) is 3.35. The number of nitrogens with one attached hydrogen (secondary N) is 1. The van der Waals surface area contributed by atoms with E-state index in [0.717, 1.165) is 36.8 Å². The van der Waals surface area contributed by atoms with E-state index in [0.29, 0.717) is 26.2 Å². The maximum absolute atomic E-state index is 12.5. The number of nitrogens with zero attached hydrogens (tertiary/aromatic N) is 4. The van der Waals surface area contributed by atoms with Gasteiger partial charge in [-0.2, -0.15) is 4.31 Å². The van der Waals surface area contributed by atoms with Gasteiger partial charge in [-0.25, -0.2) is 8.42 Å². The lowest BCUT2D eigenvalue weighted by Crippen LogP contribution is -2.54. The van der Waals surface area contributed by atoms with Crippen LogP contribution in [-0.4, -0.2) is 87.0 Å². The molecule has 2 rings (SSSR count). The highest BCUT2D eigenvalue weighted by Crippen LogP contribution is 2.14. The Hall–Kier alpha value is -0.920. The number of aryl methyl sites for hydroxylation is 2. The summed E-state index contributed by atoms with van der Waals surface area (Å²) in [5.74, 6) is 1.71. The largest absolute Gasteiger partial charge is 0.378 e. The van der Waals surface area contributed by atoms with Crippen molar-refractivity contribution in [1.29, 1.82) is 0 Å². The van der Waals surface area contributed by atoms with Crippen LogP contribution in [0, 0.1) is 13.8 Å². The normalized spacial score (nSPS) is 16.1. The number of sulfonamides is 1. The molecule has 1 fully saturated rings. The summed E-state index contributed by atoms with van der Waals surface area (Å²) in [6.45, 7) is 10.9. The standard InChI is InChI=1S/C19H35N5O4S.HI/c1-15(2)27-13-14-29(25,26)24-11-9-23(10-12-24)19(20-5)21-8-6-7-18-16(3)22-28-17(18)4;/h15H,6-14H2,1-5H3,(H,20,21);1H. The molecule has 0 aromatic carbocycles. The summed E-state index contributed by atoms with van der Waals surface area (Å²) in [5, 5.41) is 7.36. The van der Waals surface area contributed by atoms with Crippen LogP contribution in [0.25, 0.3) is 0 Å². The summed E-state index contributed by atoms with van der Waals surface area (Å²) in [7, 11) is -1.53. The highest BCUT2D eigenvalue weighted by atomic mass is 127. The molecule has 11 heteroatoms. The summed E-state index contributed by atoms with van der Waals surface area (Å²) < 4.78 is 37.1. The first kappa shape index (κ1) is 27.1. The van der Waals surface area contributed by atoms with Gasteiger partial charge in [0.05, 0.1) is 24.2 Å². The molecule has 0 spiro atoms. The van der Waals surface area contributed by atoms with E-state index in [1.165, 1.54) is 5.56 Å². The molecule has 0 radical (unpaired) electrons. The van der Waals surface area contributed by atoms with Gasteiger partial charge in [-0.3, -0.25) is 4.99 Å². The third-order valence-corrected chi connectivity index (χ3v) is 6.84. The number of aliphatic imine (C=N–C) groups is 1. The minimum Gasteiger partial charge on any atom is -0.378 e. The molecule has 1 N–H and O–H groups in total. The first-order valence-electron chi connectivity index (χ1n) is 10.2. The summed E-state index contributed by atoms with van der Waals surface area (Å²) >= 11 is 0. The lowest BCUT2D eigenvalue weighted by Gasteiger charge is -2.35. The molecule has 0 atom stereocenters. The van der Waals surface area contributed by atoms with E-state index >= 15 is 0 Å². The van der Waals surface area contributed by atoms with Crippen molar-refractivity contribution < 1.29 is 17.7 Å². The molecule has 1 saturated heterocycles. The van der Waals surface area contributed by atoms with Crippen LogP contribution in [0.2, 0.25) is 0 Å². The molecule has 9 nitrogen and oxygen atoms in total. The Morgan fingerprint density at radius 2 is 1.93 bits per heavy atom. The van der Waals surface area contributed by atoms with Crippen LogP contribution >= 0.6 is 24.0 Å².